The van der Waals surface area contributed by atoms with Crippen molar-refractivity contribution >= 4 is 23.2 Å². The number of amides is 1. The van der Waals surface area contributed by atoms with Gasteiger partial charge in [-0.15, -0.1) is 0 Å². The average Bonchev–Trinajstić information content (AvgIpc) is 2.32. The molecule has 0 saturated carbocycles. The van der Waals surface area contributed by atoms with E-state index in [4.69, 9.17) is 4.74 Å². The van der Waals surface area contributed by atoms with E-state index in [0.29, 0.717) is 17.0 Å². The van der Waals surface area contributed by atoms with Gasteiger partial charge in [0.05, 0.1) is 12.1 Å². The van der Waals surface area contributed by atoms with E-state index in [-0.39, 0.29) is 30.5 Å². The van der Waals surface area contributed by atoms with Gasteiger partial charge in [0.15, 0.2) is 12.4 Å². The number of likely N-dealkylation sites (N-methyl/N-ethyl adjacent to an activating group) is 1. The number of ketones is 2. The lowest BCUT2D eigenvalue weighted by Gasteiger charge is -2.27. The Kier molecular flexibility index (Phi) is 3.38. The second-order valence-electron chi connectivity index (χ2n) is 4.68. The standard InChI is InChI=1S/C14H15NO4/c1-8-4-13-11(15(3)14(18)7-19-13)6-10(8)12(17)5-9(2)16/h4,6H,5,7H2,1-3H3. The number of hydrogen-bond acceptors (Lipinski definition) is 4. The number of aryl methyl sites for hydroxylation is 1. The molecular weight excluding hydrogens is 246 g/mol. The monoisotopic (exact) mass is 261 g/mol. The number of fused-ring (bicyclic) bond motifs is 1. The first-order chi connectivity index (χ1) is 8.90. The lowest BCUT2D eigenvalue weighted by Crippen LogP contribution is -2.35. The Balaban J connectivity index is 2.45. The van der Waals surface area contributed by atoms with E-state index < -0.39 is 0 Å². The molecule has 19 heavy (non-hydrogen) atoms. The molecule has 0 bridgehead atoms. The van der Waals surface area contributed by atoms with Crippen molar-refractivity contribution in [3.05, 3.63) is 23.3 Å². The molecule has 5 heteroatoms. The molecule has 0 saturated heterocycles. The van der Waals surface area contributed by atoms with Crippen LogP contribution in [-0.4, -0.2) is 31.1 Å². The van der Waals surface area contributed by atoms with Crippen molar-refractivity contribution in [3.63, 3.8) is 0 Å². The number of nitrogens with zero attached hydrogens (tertiary/aromatic N) is 1. The predicted octanol–water partition coefficient (Wildman–Crippen LogP) is 1.51. The van der Waals surface area contributed by atoms with Gasteiger partial charge in [0.1, 0.15) is 11.5 Å². The maximum absolute atomic E-state index is 12.0. The average molecular weight is 261 g/mol. The molecule has 0 spiro atoms. The Morgan fingerprint density at radius 2 is 2.05 bits per heavy atom. The van der Waals surface area contributed by atoms with Crippen LogP contribution in [0.3, 0.4) is 0 Å². The number of carbonyl (C=O) groups excluding carboxylic acids is 3. The molecule has 0 aromatic heterocycles. The van der Waals surface area contributed by atoms with Gasteiger partial charge in [-0.2, -0.15) is 0 Å². The number of hydrogen-bond donors (Lipinski definition) is 0. The second kappa shape index (κ2) is 4.84. The summed E-state index contributed by atoms with van der Waals surface area (Å²) in [7, 11) is 1.64. The normalized spacial score (nSPS) is 13.8. The van der Waals surface area contributed by atoms with E-state index >= 15 is 0 Å². The lowest BCUT2D eigenvalue weighted by molar-refractivity contribution is -0.121. The molecule has 5 nitrogen and oxygen atoms in total. The van der Waals surface area contributed by atoms with Crippen molar-refractivity contribution in [3.8, 4) is 5.75 Å². The van der Waals surface area contributed by atoms with E-state index in [1.807, 2.05) is 0 Å². The third kappa shape index (κ3) is 2.50. The maximum Gasteiger partial charge on any atom is 0.264 e. The van der Waals surface area contributed by atoms with Crippen molar-refractivity contribution in [2.75, 3.05) is 18.6 Å². The van der Waals surface area contributed by atoms with Gasteiger partial charge in [-0.3, -0.25) is 14.4 Å². The number of anilines is 1. The number of ether oxygens (including phenoxy) is 1. The van der Waals surface area contributed by atoms with Crippen LogP contribution in [0.25, 0.3) is 0 Å². The SMILES string of the molecule is CC(=O)CC(=O)c1cc2c(cc1C)OCC(=O)N2C. The first-order valence-electron chi connectivity index (χ1n) is 5.96. The van der Waals surface area contributed by atoms with Crippen LogP contribution in [0, 0.1) is 6.92 Å². The van der Waals surface area contributed by atoms with Crippen molar-refractivity contribution in [1.82, 2.24) is 0 Å². The molecule has 2 rings (SSSR count). The van der Waals surface area contributed by atoms with Crippen molar-refractivity contribution < 1.29 is 19.1 Å². The predicted molar refractivity (Wildman–Crippen MR) is 69.7 cm³/mol. The number of Topliss-reactive ketones (excluding diaryl/α,β-unsaturated/α-hetero) is 2. The van der Waals surface area contributed by atoms with Crippen LogP contribution in [0.4, 0.5) is 5.69 Å². The van der Waals surface area contributed by atoms with Crippen LogP contribution in [0.2, 0.25) is 0 Å². The van der Waals surface area contributed by atoms with Gasteiger partial charge in [-0.05, 0) is 31.5 Å². The van der Waals surface area contributed by atoms with Crippen LogP contribution in [0.5, 0.6) is 5.75 Å². The van der Waals surface area contributed by atoms with E-state index in [1.165, 1.54) is 11.8 Å². The summed E-state index contributed by atoms with van der Waals surface area (Å²) in [6.45, 7) is 3.17. The number of rotatable bonds is 3. The van der Waals surface area contributed by atoms with E-state index in [2.05, 4.69) is 0 Å². The third-order valence-corrected chi connectivity index (χ3v) is 3.10. The molecule has 0 aliphatic carbocycles. The largest absolute Gasteiger partial charge is 0.482 e. The first kappa shape index (κ1) is 13.3. The van der Waals surface area contributed by atoms with Gasteiger partial charge in [-0.1, -0.05) is 0 Å². The Morgan fingerprint density at radius 3 is 2.68 bits per heavy atom. The molecular formula is C14H15NO4. The quantitative estimate of drug-likeness (QED) is 0.611. The van der Waals surface area contributed by atoms with E-state index in [9.17, 15) is 14.4 Å². The summed E-state index contributed by atoms with van der Waals surface area (Å²) < 4.78 is 5.33. The fourth-order valence-electron chi connectivity index (χ4n) is 2.04. The number of benzene rings is 1. The summed E-state index contributed by atoms with van der Waals surface area (Å²) in [6, 6.07) is 3.35. The molecule has 0 unspecified atom stereocenters. The Bertz CT molecular complexity index is 577. The molecule has 1 aliphatic heterocycles. The van der Waals surface area contributed by atoms with Gasteiger partial charge >= 0.3 is 0 Å². The van der Waals surface area contributed by atoms with Gasteiger partial charge in [0.2, 0.25) is 0 Å². The minimum absolute atomic E-state index is 0.00365. The van der Waals surface area contributed by atoms with Crippen LogP contribution < -0.4 is 9.64 Å². The van der Waals surface area contributed by atoms with E-state index in [0.717, 1.165) is 5.56 Å². The minimum atomic E-state index is -0.237. The van der Waals surface area contributed by atoms with Crippen molar-refractivity contribution in [2.24, 2.45) is 0 Å². The third-order valence-electron chi connectivity index (χ3n) is 3.10. The number of carbonyl (C=O) groups is 3. The summed E-state index contributed by atoms with van der Waals surface area (Å²) in [4.78, 5) is 36.0. The molecule has 1 aromatic carbocycles. The Hall–Kier alpha value is -2.17. The molecule has 1 aliphatic rings. The molecule has 1 aromatic rings. The fourth-order valence-corrected chi connectivity index (χ4v) is 2.04. The summed E-state index contributed by atoms with van der Waals surface area (Å²) in [6.07, 6.45) is -0.127. The van der Waals surface area contributed by atoms with E-state index in [1.54, 1.807) is 26.1 Å². The fraction of sp³-hybridized carbons (Fsp3) is 0.357. The minimum Gasteiger partial charge on any atom is -0.482 e. The zero-order chi connectivity index (χ0) is 14.2. The van der Waals surface area contributed by atoms with Crippen LogP contribution >= 0.6 is 0 Å². The summed E-state index contributed by atoms with van der Waals surface area (Å²) in [5.41, 5.74) is 1.76. The zero-order valence-corrected chi connectivity index (χ0v) is 11.1. The molecule has 0 atom stereocenters. The zero-order valence-electron chi connectivity index (χ0n) is 11.1. The van der Waals surface area contributed by atoms with Gasteiger partial charge in [0.25, 0.3) is 5.91 Å². The van der Waals surface area contributed by atoms with Crippen LogP contribution in [-0.2, 0) is 9.59 Å². The maximum atomic E-state index is 12.0. The van der Waals surface area contributed by atoms with Gasteiger partial charge in [0, 0.05) is 12.6 Å². The molecule has 1 heterocycles. The second-order valence-corrected chi connectivity index (χ2v) is 4.68. The highest BCUT2D eigenvalue weighted by atomic mass is 16.5. The highest BCUT2D eigenvalue weighted by Crippen LogP contribution is 2.34. The van der Waals surface area contributed by atoms with Crippen LogP contribution in [0.1, 0.15) is 29.3 Å². The molecule has 0 N–H and O–H groups in total. The summed E-state index contributed by atoms with van der Waals surface area (Å²) in [5.74, 6) is 0.00215. The summed E-state index contributed by atoms with van der Waals surface area (Å²) in [5, 5.41) is 0. The lowest BCUT2D eigenvalue weighted by atomic mass is 9.99. The Labute approximate surface area is 111 Å². The topological polar surface area (TPSA) is 63.7 Å². The molecule has 100 valence electrons. The van der Waals surface area contributed by atoms with Crippen LogP contribution in [0.15, 0.2) is 12.1 Å². The molecule has 0 radical (unpaired) electrons. The highest BCUT2D eigenvalue weighted by molar-refractivity contribution is 6.09. The van der Waals surface area contributed by atoms with Gasteiger partial charge < -0.3 is 9.64 Å². The van der Waals surface area contributed by atoms with Gasteiger partial charge in [-0.25, -0.2) is 0 Å². The first-order valence-corrected chi connectivity index (χ1v) is 5.96. The van der Waals surface area contributed by atoms with Crippen molar-refractivity contribution in [1.29, 1.82) is 0 Å². The smallest absolute Gasteiger partial charge is 0.264 e. The molecule has 1 amide bonds. The molecule has 0 fully saturated rings. The highest BCUT2D eigenvalue weighted by Gasteiger charge is 2.24. The van der Waals surface area contributed by atoms with Crippen molar-refractivity contribution in [2.45, 2.75) is 20.3 Å². The summed E-state index contributed by atoms with van der Waals surface area (Å²) >= 11 is 0. The Morgan fingerprint density at radius 1 is 1.37 bits per heavy atom.